The number of carbonyl (C=O) groups is 2. The van der Waals surface area contributed by atoms with Gasteiger partial charge in [0.15, 0.2) is 0 Å². The van der Waals surface area contributed by atoms with Crippen molar-refractivity contribution >= 4 is 11.8 Å². The Morgan fingerprint density at radius 3 is 1.00 bits per heavy atom. The SMILES string of the molecule is CCCCCCCCCC(O)CCCCCCCC(=O)NCc1ccc(CNC(=O)CCCCCCCC(O)CCCCCCCCC)cc1. The van der Waals surface area contributed by atoms with Crippen molar-refractivity contribution in [3.8, 4) is 0 Å². The monoisotopic (exact) mass is 701 g/mol. The van der Waals surface area contributed by atoms with E-state index >= 15 is 0 Å². The summed E-state index contributed by atoms with van der Waals surface area (Å²) < 4.78 is 0. The predicted octanol–water partition coefficient (Wildman–Crippen LogP) is 11.4. The minimum Gasteiger partial charge on any atom is -0.393 e. The Balaban J connectivity index is 1.96. The highest BCUT2D eigenvalue weighted by molar-refractivity contribution is 5.76. The molecule has 0 aromatic heterocycles. The Bertz CT molecular complexity index is 833. The number of amides is 2. The van der Waals surface area contributed by atoms with Crippen LogP contribution in [-0.4, -0.2) is 34.2 Å². The molecule has 2 amide bonds. The van der Waals surface area contributed by atoms with E-state index in [9.17, 15) is 19.8 Å². The molecule has 290 valence electrons. The number of hydrogen-bond acceptors (Lipinski definition) is 4. The fourth-order valence-corrected chi connectivity index (χ4v) is 6.71. The highest BCUT2D eigenvalue weighted by Crippen LogP contribution is 2.16. The fourth-order valence-electron chi connectivity index (χ4n) is 6.71. The lowest BCUT2D eigenvalue weighted by molar-refractivity contribution is -0.122. The molecule has 0 spiro atoms. The van der Waals surface area contributed by atoms with Crippen LogP contribution in [0.3, 0.4) is 0 Å². The maximum absolute atomic E-state index is 12.3. The van der Waals surface area contributed by atoms with Crippen LogP contribution >= 0.6 is 0 Å². The van der Waals surface area contributed by atoms with Crippen LogP contribution in [0.15, 0.2) is 24.3 Å². The van der Waals surface area contributed by atoms with Gasteiger partial charge in [-0.2, -0.15) is 0 Å². The summed E-state index contributed by atoms with van der Waals surface area (Å²) in [5.41, 5.74) is 2.13. The maximum atomic E-state index is 12.3. The topological polar surface area (TPSA) is 98.7 Å². The van der Waals surface area contributed by atoms with Crippen LogP contribution in [-0.2, 0) is 22.7 Å². The predicted molar refractivity (Wildman–Crippen MR) is 212 cm³/mol. The van der Waals surface area contributed by atoms with Gasteiger partial charge in [0.2, 0.25) is 11.8 Å². The van der Waals surface area contributed by atoms with Crippen molar-refractivity contribution in [3.63, 3.8) is 0 Å². The average molecular weight is 701 g/mol. The van der Waals surface area contributed by atoms with Crippen molar-refractivity contribution in [1.82, 2.24) is 10.6 Å². The molecular formula is C44H80N2O4. The summed E-state index contributed by atoms with van der Waals surface area (Å²) in [6.07, 6.45) is 33.3. The zero-order valence-electron chi connectivity index (χ0n) is 32.8. The fraction of sp³-hybridized carbons (Fsp3) is 0.818. The van der Waals surface area contributed by atoms with Gasteiger partial charge in [-0.05, 0) is 49.7 Å². The molecule has 2 unspecified atom stereocenters. The van der Waals surface area contributed by atoms with E-state index < -0.39 is 0 Å². The Morgan fingerprint density at radius 2 is 0.700 bits per heavy atom. The molecule has 0 heterocycles. The zero-order valence-corrected chi connectivity index (χ0v) is 32.8. The number of nitrogens with one attached hydrogen (secondary N) is 2. The van der Waals surface area contributed by atoms with E-state index in [2.05, 4.69) is 24.5 Å². The van der Waals surface area contributed by atoms with Crippen LogP contribution in [0.25, 0.3) is 0 Å². The standard InChI is InChI=1S/C44H80N2O4/c1-3-5-7-9-11-15-21-27-41(47)29-23-17-13-19-25-31-43(49)45-37-39-33-35-40(36-34-39)38-46-44(50)32-26-20-14-18-24-30-42(48)28-22-16-12-10-8-6-4-2/h33-36,41-42,47-48H,3-32,37-38H2,1-2H3,(H,45,49)(H,46,50). The van der Waals surface area contributed by atoms with Gasteiger partial charge < -0.3 is 20.8 Å². The molecule has 6 nitrogen and oxygen atoms in total. The van der Waals surface area contributed by atoms with E-state index in [1.165, 1.54) is 77.0 Å². The van der Waals surface area contributed by atoms with Gasteiger partial charge in [-0.25, -0.2) is 0 Å². The molecule has 1 rings (SSSR count). The molecule has 0 saturated heterocycles. The first-order valence-electron chi connectivity index (χ1n) is 21.4. The molecule has 0 radical (unpaired) electrons. The van der Waals surface area contributed by atoms with Crippen LogP contribution < -0.4 is 10.6 Å². The number of aliphatic hydroxyl groups excluding tert-OH is 2. The summed E-state index contributed by atoms with van der Waals surface area (Å²) in [7, 11) is 0. The van der Waals surface area contributed by atoms with Crippen molar-refractivity contribution in [2.24, 2.45) is 0 Å². The first-order chi connectivity index (χ1) is 24.4. The number of aliphatic hydroxyl groups is 2. The maximum Gasteiger partial charge on any atom is 0.220 e. The van der Waals surface area contributed by atoms with E-state index in [-0.39, 0.29) is 24.0 Å². The van der Waals surface area contributed by atoms with Gasteiger partial charge in [0.25, 0.3) is 0 Å². The van der Waals surface area contributed by atoms with Crippen molar-refractivity contribution in [3.05, 3.63) is 35.4 Å². The van der Waals surface area contributed by atoms with Crippen LogP contribution in [0.5, 0.6) is 0 Å². The molecular weight excluding hydrogens is 620 g/mol. The van der Waals surface area contributed by atoms with Crippen molar-refractivity contribution in [1.29, 1.82) is 0 Å². The summed E-state index contributed by atoms with van der Waals surface area (Å²) >= 11 is 0. The molecule has 0 fully saturated rings. The van der Waals surface area contributed by atoms with Crippen molar-refractivity contribution < 1.29 is 19.8 Å². The minimum absolute atomic E-state index is 0.0999. The van der Waals surface area contributed by atoms with Gasteiger partial charge >= 0.3 is 0 Å². The third-order valence-electron chi connectivity index (χ3n) is 10.2. The smallest absolute Gasteiger partial charge is 0.220 e. The Kier molecular flexibility index (Phi) is 31.5. The third kappa shape index (κ3) is 29.8. The molecule has 6 heteroatoms. The van der Waals surface area contributed by atoms with E-state index in [1.54, 1.807) is 0 Å². The number of benzene rings is 1. The number of hydrogen-bond donors (Lipinski definition) is 4. The van der Waals surface area contributed by atoms with Gasteiger partial charge in [-0.15, -0.1) is 0 Å². The van der Waals surface area contributed by atoms with E-state index in [0.29, 0.717) is 25.9 Å². The molecule has 0 aliphatic carbocycles. The highest BCUT2D eigenvalue weighted by Gasteiger charge is 2.07. The Hall–Kier alpha value is -1.92. The molecule has 1 aromatic carbocycles. The first-order valence-corrected chi connectivity index (χ1v) is 21.4. The summed E-state index contributed by atoms with van der Waals surface area (Å²) in [5.74, 6) is 0.200. The molecule has 0 aliphatic rings. The van der Waals surface area contributed by atoms with Crippen LogP contribution in [0.2, 0.25) is 0 Å². The number of unbranched alkanes of at least 4 members (excludes halogenated alkanes) is 20. The van der Waals surface area contributed by atoms with E-state index in [1.807, 2.05) is 24.3 Å². The van der Waals surface area contributed by atoms with Gasteiger partial charge in [-0.1, -0.05) is 179 Å². The van der Waals surface area contributed by atoms with Crippen LogP contribution in [0.1, 0.15) is 218 Å². The first kappa shape index (κ1) is 46.1. The molecule has 4 N–H and O–H groups in total. The summed E-state index contributed by atoms with van der Waals surface area (Å²) in [4.78, 5) is 24.6. The average Bonchev–Trinajstić information content (AvgIpc) is 3.12. The third-order valence-corrected chi connectivity index (χ3v) is 10.2. The van der Waals surface area contributed by atoms with Crippen LogP contribution in [0.4, 0.5) is 0 Å². The number of carbonyl (C=O) groups excluding carboxylic acids is 2. The Labute approximate surface area is 308 Å². The van der Waals surface area contributed by atoms with Crippen molar-refractivity contribution in [2.45, 2.75) is 232 Å². The summed E-state index contributed by atoms with van der Waals surface area (Å²) in [6, 6.07) is 8.09. The normalized spacial score (nSPS) is 12.6. The van der Waals surface area contributed by atoms with E-state index in [0.717, 1.165) is 114 Å². The van der Waals surface area contributed by atoms with Crippen molar-refractivity contribution in [2.75, 3.05) is 0 Å². The second kappa shape index (κ2) is 34.2. The lowest BCUT2D eigenvalue weighted by Crippen LogP contribution is -2.23. The minimum atomic E-state index is -0.142. The summed E-state index contributed by atoms with van der Waals surface area (Å²) in [6.45, 7) is 5.55. The van der Waals surface area contributed by atoms with Crippen LogP contribution in [0, 0.1) is 0 Å². The zero-order chi connectivity index (χ0) is 36.3. The van der Waals surface area contributed by atoms with Gasteiger partial charge in [-0.3, -0.25) is 9.59 Å². The molecule has 50 heavy (non-hydrogen) atoms. The van der Waals surface area contributed by atoms with Gasteiger partial charge in [0.1, 0.15) is 0 Å². The Morgan fingerprint density at radius 1 is 0.440 bits per heavy atom. The summed E-state index contributed by atoms with van der Waals surface area (Å²) in [5, 5.41) is 26.5. The largest absolute Gasteiger partial charge is 0.393 e. The quantitative estimate of drug-likeness (QED) is 0.0524. The van der Waals surface area contributed by atoms with Gasteiger partial charge in [0.05, 0.1) is 12.2 Å². The molecule has 1 aromatic rings. The lowest BCUT2D eigenvalue weighted by Gasteiger charge is -2.10. The van der Waals surface area contributed by atoms with Gasteiger partial charge in [0, 0.05) is 25.9 Å². The highest BCUT2D eigenvalue weighted by atomic mass is 16.3. The lowest BCUT2D eigenvalue weighted by atomic mass is 10.0. The van der Waals surface area contributed by atoms with E-state index in [4.69, 9.17) is 0 Å². The number of rotatable bonds is 36. The molecule has 0 bridgehead atoms. The second-order valence-electron chi connectivity index (χ2n) is 15.1. The molecule has 2 atom stereocenters. The molecule has 0 aliphatic heterocycles. The second-order valence-corrected chi connectivity index (χ2v) is 15.1. The molecule has 0 saturated carbocycles.